The minimum atomic E-state index is 0.722. The first-order chi connectivity index (χ1) is 3.15. The summed E-state index contributed by atoms with van der Waals surface area (Å²) < 4.78 is 0. The van der Waals surface area contributed by atoms with Crippen LogP contribution in [0.15, 0.2) is 0 Å². The zero-order valence-corrected chi connectivity index (χ0v) is 6.29. The van der Waals surface area contributed by atoms with Gasteiger partial charge in [-0.2, -0.15) is 0 Å². The minimum Gasteiger partial charge on any atom is -0.312 e. The van der Waals surface area contributed by atoms with Crippen molar-refractivity contribution in [2.75, 3.05) is 27.0 Å². The molecule has 0 atom stereocenters. The molecule has 0 bridgehead atoms. The van der Waals surface area contributed by atoms with E-state index >= 15 is 0 Å². The van der Waals surface area contributed by atoms with Gasteiger partial charge in [-0.15, -0.1) is 11.6 Å². The van der Waals surface area contributed by atoms with Crippen LogP contribution in [0.4, 0.5) is 0 Å². The predicted molar refractivity (Wildman–Crippen MR) is 36.0 cm³/mol. The Morgan fingerprint density at radius 2 is 1.29 bits per heavy atom. The highest BCUT2D eigenvalue weighted by atomic mass is 35.5. The zero-order chi connectivity index (χ0) is 6.28. The van der Waals surface area contributed by atoms with Crippen molar-refractivity contribution < 1.29 is 0 Å². The van der Waals surface area contributed by atoms with Crippen molar-refractivity contribution >= 4 is 11.6 Å². The SMILES string of the molecule is CCCl.CN(C)C. The summed E-state index contributed by atoms with van der Waals surface area (Å²) in [5, 5.41) is 0. The van der Waals surface area contributed by atoms with Crippen LogP contribution in [0.2, 0.25) is 0 Å². The molecule has 0 spiro atoms. The molecular formula is C5H14ClN. The fourth-order valence-corrected chi connectivity index (χ4v) is 0. The lowest BCUT2D eigenvalue weighted by atomic mass is 11.0. The Labute approximate surface area is 51.3 Å². The highest BCUT2D eigenvalue weighted by molar-refractivity contribution is 6.17. The van der Waals surface area contributed by atoms with E-state index < -0.39 is 0 Å². The molecule has 2 heteroatoms. The molecular weight excluding hydrogens is 110 g/mol. The first-order valence-electron chi connectivity index (χ1n) is 2.32. The van der Waals surface area contributed by atoms with Crippen LogP contribution in [0, 0.1) is 0 Å². The molecule has 0 saturated heterocycles. The van der Waals surface area contributed by atoms with E-state index in [9.17, 15) is 0 Å². The van der Waals surface area contributed by atoms with E-state index in [2.05, 4.69) is 0 Å². The minimum absolute atomic E-state index is 0.722. The fourth-order valence-electron chi connectivity index (χ4n) is 0. The Bertz CT molecular complexity index is 19.3. The Balaban J connectivity index is 0. The van der Waals surface area contributed by atoms with Crippen LogP contribution in [-0.4, -0.2) is 31.9 Å². The number of hydrogen-bond donors (Lipinski definition) is 0. The molecule has 46 valence electrons. The standard InChI is InChI=1S/C3H9N.C2H5Cl/c1-4(2)3;1-2-3/h1-3H3;2H2,1H3. The van der Waals surface area contributed by atoms with E-state index in [4.69, 9.17) is 11.6 Å². The normalized spacial score (nSPS) is 7.71. The third-order valence-electron chi connectivity index (χ3n) is 0. The number of halogens is 1. The molecule has 7 heavy (non-hydrogen) atoms. The van der Waals surface area contributed by atoms with Gasteiger partial charge >= 0.3 is 0 Å². The molecule has 0 aliphatic carbocycles. The van der Waals surface area contributed by atoms with Crippen molar-refractivity contribution in [1.29, 1.82) is 0 Å². The Morgan fingerprint density at radius 3 is 1.29 bits per heavy atom. The summed E-state index contributed by atoms with van der Waals surface area (Å²) >= 11 is 5.00. The van der Waals surface area contributed by atoms with E-state index in [0.29, 0.717) is 0 Å². The first kappa shape index (κ1) is 10.3. The summed E-state index contributed by atoms with van der Waals surface area (Å²) in [5.41, 5.74) is 0. The molecule has 0 aromatic carbocycles. The van der Waals surface area contributed by atoms with E-state index in [1.807, 2.05) is 33.0 Å². The molecule has 0 aliphatic heterocycles. The van der Waals surface area contributed by atoms with Crippen molar-refractivity contribution in [2.24, 2.45) is 0 Å². The van der Waals surface area contributed by atoms with Crippen LogP contribution >= 0.6 is 11.6 Å². The highest BCUT2D eigenvalue weighted by Gasteiger charge is 1.58. The lowest BCUT2D eigenvalue weighted by molar-refractivity contribution is 0.505. The zero-order valence-electron chi connectivity index (χ0n) is 5.53. The van der Waals surface area contributed by atoms with Gasteiger partial charge in [-0.05, 0) is 21.1 Å². The van der Waals surface area contributed by atoms with Gasteiger partial charge in [-0.25, -0.2) is 0 Å². The maximum Gasteiger partial charge on any atom is 0.0195 e. The summed E-state index contributed by atoms with van der Waals surface area (Å²) in [6, 6.07) is 0. The lowest BCUT2D eigenvalue weighted by Crippen LogP contribution is -1.99. The van der Waals surface area contributed by atoms with Gasteiger partial charge in [0, 0.05) is 5.88 Å². The van der Waals surface area contributed by atoms with E-state index in [0.717, 1.165) is 5.88 Å². The molecule has 0 radical (unpaired) electrons. The summed E-state index contributed by atoms with van der Waals surface area (Å²) in [4.78, 5) is 2.00. The molecule has 0 N–H and O–H groups in total. The van der Waals surface area contributed by atoms with Gasteiger partial charge in [0.25, 0.3) is 0 Å². The Hall–Kier alpha value is 0.250. The molecule has 0 amide bonds. The van der Waals surface area contributed by atoms with Crippen LogP contribution in [0.3, 0.4) is 0 Å². The van der Waals surface area contributed by atoms with E-state index in [1.54, 1.807) is 0 Å². The van der Waals surface area contributed by atoms with Gasteiger partial charge in [0.15, 0.2) is 0 Å². The highest BCUT2D eigenvalue weighted by Crippen LogP contribution is 1.59. The molecule has 0 heterocycles. The summed E-state index contributed by atoms with van der Waals surface area (Å²) in [5.74, 6) is 0.722. The lowest BCUT2D eigenvalue weighted by Gasteiger charge is -1.90. The molecule has 0 unspecified atom stereocenters. The molecule has 0 aromatic rings. The Morgan fingerprint density at radius 1 is 1.29 bits per heavy atom. The Kier molecular flexibility index (Phi) is 14.0. The first-order valence-corrected chi connectivity index (χ1v) is 2.85. The van der Waals surface area contributed by atoms with Crippen LogP contribution < -0.4 is 0 Å². The van der Waals surface area contributed by atoms with Crippen LogP contribution in [-0.2, 0) is 0 Å². The summed E-state index contributed by atoms with van der Waals surface area (Å²) in [6.45, 7) is 1.89. The largest absolute Gasteiger partial charge is 0.312 e. The second-order valence-electron chi connectivity index (χ2n) is 1.61. The third kappa shape index (κ3) is 1810. The van der Waals surface area contributed by atoms with Crippen molar-refractivity contribution in [3.05, 3.63) is 0 Å². The molecule has 0 saturated carbocycles. The van der Waals surface area contributed by atoms with Gasteiger partial charge in [0.1, 0.15) is 0 Å². The van der Waals surface area contributed by atoms with Crippen LogP contribution in [0.1, 0.15) is 6.92 Å². The molecule has 1 nitrogen and oxygen atoms in total. The van der Waals surface area contributed by atoms with Crippen LogP contribution in [0.5, 0.6) is 0 Å². The number of hydrogen-bond acceptors (Lipinski definition) is 1. The number of rotatable bonds is 0. The average molecular weight is 124 g/mol. The third-order valence-corrected chi connectivity index (χ3v) is 0. The molecule has 0 aromatic heterocycles. The average Bonchev–Trinajstić information content (AvgIpc) is 1.33. The number of nitrogens with zero attached hydrogens (tertiary/aromatic N) is 1. The molecule has 0 rings (SSSR count). The summed E-state index contributed by atoms with van der Waals surface area (Å²) in [6.07, 6.45) is 0. The van der Waals surface area contributed by atoms with E-state index in [1.165, 1.54) is 0 Å². The molecule has 0 aliphatic rings. The van der Waals surface area contributed by atoms with Crippen LogP contribution in [0.25, 0.3) is 0 Å². The van der Waals surface area contributed by atoms with Gasteiger partial charge in [0.2, 0.25) is 0 Å². The van der Waals surface area contributed by atoms with Crippen molar-refractivity contribution in [3.63, 3.8) is 0 Å². The maximum absolute atomic E-state index is 5.00. The maximum atomic E-state index is 5.00. The fraction of sp³-hybridized carbons (Fsp3) is 1.00. The quantitative estimate of drug-likeness (QED) is 0.441. The summed E-state index contributed by atoms with van der Waals surface area (Å²) in [7, 11) is 6.00. The predicted octanol–water partition coefficient (Wildman–Crippen LogP) is 1.42. The van der Waals surface area contributed by atoms with Gasteiger partial charge in [0.05, 0.1) is 0 Å². The van der Waals surface area contributed by atoms with Crippen molar-refractivity contribution in [3.8, 4) is 0 Å². The smallest absolute Gasteiger partial charge is 0.0195 e. The van der Waals surface area contributed by atoms with Gasteiger partial charge < -0.3 is 4.90 Å². The van der Waals surface area contributed by atoms with Gasteiger partial charge in [-0.3, -0.25) is 0 Å². The van der Waals surface area contributed by atoms with E-state index in [-0.39, 0.29) is 0 Å². The topological polar surface area (TPSA) is 3.24 Å². The second kappa shape index (κ2) is 9.54. The van der Waals surface area contributed by atoms with Crippen molar-refractivity contribution in [1.82, 2.24) is 4.90 Å². The van der Waals surface area contributed by atoms with Crippen molar-refractivity contribution in [2.45, 2.75) is 6.92 Å². The monoisotopic (exact) mass is 123 g/mol. The second-order valence-corrected chi connectivity index (χ2v) is 2.14. The number of alkyl halides is 1. The molecule has 0 fully saturated rings. The van der Waals surface area contributed by atoms with Gasteiger partial charge in [-0.1, -0.05) is 6.92 Å².